The van der Waals surface area contributed by atoms with Gasteiger partial charge in [0.05, 0.1) is 23.6 Å². The highest BCUT2D eigenvalue weighted by atomic mass is 32.2. The first-order valence-electron chi connectivity index (χ1n) is 14.0. The van der Waals surface area contributed by atoms with E-state index in [-0.39, 0.29) is 11.7 Å². The van der Waals surface area contributed by atoms with Gasteiger partial charge in [0.1, 0.15) is 0 Å². The number of anilines is 2. The Labute approximate surface area is 241 Å². The fourth-order valence-electron chi connectivity index (χ4n) is 4.89. The SMILES string of the molecule is CCNc1cc(C(=O)N[C@@H](Cc2ccccc2)[C@H](O)CNCc2csc(CC)c2)cc(N2CCCCS2(=O)=O)c1. The number of carbonyl (C=O) groups is 1. The van der Waals surface area contributed by atoms with Crippen LogP contribution in [0.3, 0.4) is 0 Å². The molecule has 0 unspecified atom stereocenters. The molecule has 10 heteroatoms. The van der Waals surface area contributed by atoms with E-state index in [1.165, 1.54) is 14.7 Å². The molecule has 0 aliphatic carbocycles. The van der Waals surface area contributed by atoms with E-state index in [0.29, 0.717) is 56.0 Å². The van der Waals surface area contributed by atoms with Crippen molar-refractivity contribution in [2.75, 3.05) is 35.0 Å². The van der Waals surface area contributed by atoms with Gasteiger partial charge < -0.3 is 21.1 Å². The van der Waals surface area contributed by atoms with E-state index < -0.39 is 22.2 Å². The minimum Gasteiger partial charge on any atom is -0.390 e. The fraction of sp³-hybridized carbons (Fsp3) is 0.433. The summed E-state index contributed by atoms with van der Waals surface area (Å²) in [6.07, 6.45) is 2.02. The molecule has 0 saturated carbocycles. The Hall–Kier alpha value is -2.92. The molecule has 1 amide bonds. The summed E-state index contributed by atoms with van der Waals surface area (Å²) in [5.41, 5.74) is 3.68. The Kier molecular flexibility index (Phi) is 10.6. The van der Waals surface area contributed by atoms with E-state index in [0.717, 1.165) is 18.4 Å². The molecule has 2 heterocycles. The lowest BCUT2D eigenvalue weighted by atomic mass is 10.00. The number of sulfonamides is 1. The van der Waals surface area contributed by atoms with Crippen molar-refractivity contribution in [3.8, 4) is 0 Å². The minimum absolute atomic E-state index is 0.101. The number of carbonyl (C=O) groups excluding carboxylic acids is 1. The summed E-state index contributed by atoms with van der Waals surface area (Å²) in [5, 5.41) is 22.9. The summed E-state index contributed by atoms with van der Waals surface area (Å²) in [4.78, 5) is 14.9. The number of hydrogen-bond donors (Lipinski definition) is 4. The van der Waals surface area contributed by atoms with Crippen molar-refractivity contribution in [3.63, 3.8) is 0 Å². The maximum atomic E-state index is 13.6. The van der Waals surface area contributed by atoms with Gasteiger partial charge in [0.2, 0.25) is 10.0 Å². The second-order valence-electron chi connectivity index (χ2n) is 10.1. The number of aryl methyl sites for hydroxylation is 1. The number of rotatable bonds is 13. The lowest BCUT2D eigenvalue weighted by molar-refractivity contribution is 0.0830. The van der Waals surface area contributed by atoms with Gasteiger partial charge in [-0.1, -0.05) is 37.3 Å². The maximum Gasteiger partial charge on any atom is 0.251 e. The van der Waals surface area contributed by atoms with E-state index >= 15 is 0 Å². The molecule has 2 aromatic carbocycles. The average Bonchev–Trinajstić information content (AvgIpc) is 3.41. The van der Waals surface area contributed by atoms with Crippen LogP contribution in [-0.2, 0) is 29.4 Å². The van der Waals surface area contributed by atoms with Gasteiger partial charge in [-0.25, -0.2) is 8.42 Å². The van der Waals surface area contributed by atoms with Gasteiger partial charge in [0.15, 0.2) is 0 Å². The Bertz CT molecular complexity index is 1360. The van der Waals surface area contributed by atoms with E-state index in [1.54, 1.807) is 29.5 Å². The molecule has 1 fully saturated rings. The van der Waals surface area contributed by atoms with Gasteiger partial charge >= 0.3 is 0 Å². The van der Waals surface area contributed by atoms with Crippen LogP contribution >= 0.6 is 11.3 Å². The normalized spacial score (nSPS) is 16.3. The maximum absolute atomic E-state index is 13.6. The highest BCUT2D eigenvalue weighted by molar-refractivity contribution is 7.92. The van der Waals surface area contributed by atoms with E-state index in [9.17, 15) is 18.3 Å². The monoisotopic (exact) mass is 584 g/mol. The molecule has 2 atom stereocenters. The number of nitrogens with zero attached hydrogens (tertiary/aromatic N) is 1. The number of amides is 1. The first-order chi connectivity index (χ1) is 19.3. The predicted octanol–water partition coefficient (Wildman–Crippen LogP) is 4.16. The zero-order valence-corrected chi connectivity index (χ0v) is 24.9. The molecule has 1 aliphatic rings. The van der Waals surface area contributed by atoms with Crippen molar-refractivity contribution in [2.24, 2.45) is 0 Å². The van der Waals surface area contributed by atoms with Gasteiger partial charge in [-0.2, -0.15) is 0 Å². The van der Waals surface area contributed by atoms with Gasteiger partial charge in [0, 0.05) is 42.3 Å². The van der Waals surface area contributed by atoms with Crippen molar-refractivity contribution in [2.45, 2.75) is 58.2 Å². The molecule has 1 aromatic heterocycles. The third kappa shape index (κ3) is 8.06. The highest BCUT2D eigenvalue weighted by Crippen LogP contribution is 2.28. The molecule has 0 radical (unpaired) electrons. The van der Waals surface area contributed by atoms with Crippen LogP contribution in [-0.4, -0.2) is 57.0 Å². The molecule has 40 heavy (non-hydrogen) atoms. The van der Waals surface area contributed by atoms with Crippen LogP contribution in [0.15, 0.2) is 60.0 Å². The summed E-state index contributed by atoms with van der Waals surface area (Å²) in [7, 11) is -3.44. The van der Waals surface area contributed by atoms with Crippen LogP contribution in [0.5, 0.6) is 0 Å². The van der Waals surface area contributed by atoms with Crippen molar-refractivity contribution >= 4 is 38.6 Å². The second-order valence-corrected chi connectivity index (χ2v) is 13.1. The van der Waals surface area contributed by atoms with E-state index in [1.807, 2.05) is 37.3 Å². The first kappa shape index (κ1) is 30.0. The Balaban J connectivity index is 1.52. The number of aliphatic hydroxyl groups is 1. The average molecular weight is 585 g/mol. The molecular weight excluding hydrogens is 544 g/mol. The summed E-state index contributed by atoms with van der Waals surface area (Å²) in [6, 6.07) is 16.5. The number of nitrogens with one attached hydrogen (secondary N) is 3. The second kappa shape index (κ2) is 14.1. The number of aliphatic hydroxyl groups excluding tert-OH is 1. The highest BCUT2D eigenvalue weighted by Gasteiger charge is 2.28. The first-order valence-corrected chi connectivity index (χ1v) is 16.5. The topological polar surface area (TPSA) is 111 Å². The van der Waals surface area contributed by atoms with Gasteiger partial charge in [0.25, 0.3) is 5.91 Å². The number of thiophene rings is 1. The van der Waals surface area contributed by atoms with Gasteiger partial charge in [-0.3, -0.25) is 9.10 Å². The third-order valence-corrected chi connectivity index (χ3v) is 10.0. The predicted molar refractivity (Wildman–Crippen MR) is 164 cm³/mol. The summed E-state index contributed by atoms with van der Waals surface area (Å²) >= 11 is 1.73. The Morgan fingerprint density at radius 1 is 1.07 bits per heavy atom. The van der Waals surface area contributed by atoms with Crippen molar-refractivity contribution in [1.82, 2.24) is 10.6 Å². The molecule has 1 saturated heterocycles. The number of hydrogen-bond acceptors (Lipinski definition) is 7. The molecule has 4 rings (SSSR count). The number of benzene rings is 2. The molecule has 4 N–H and O–H groups in total. The van der Waals surface area contributed by atoms with Gasteiger partial charge in [-0.15, -0.1) is 11.3 Å². The van der Waals surface area contributed by atoms with Crippen molar-refractivity contribution in [1.29, 1.82) is 0 Å². The lowest BCUT2D eigenvalue weighted by Crippen LogP contribution is -2.48. The summed E-state index contributed by atoms with van der Waals surface area (Å²) < 4.78 is 27.0. The van der Waals surface area contributed by atoms with Crippen LogP contribution < -0.4 is 20.3 Å². The van der Waals surface area contributed by atoms with Crippen LogP contribution in [0.2, 0.25) is 0 Å². The van der Waals surface area contributed by atoms with Crippen molar-refractivity contribution < 1.29 is 18.3 Å². The molecule has 8 nitrogen and oxygen atoms in total. The molecule has 1 aliphatic heterocycles. The third-order valence-electron chi connectivity index (χ3n) is 7.02. The van der Waals surface area contributed by atoms with E-state index in [4.69, 9.17) is 0 Å². The van der Waals surface area contributed by atoms with E-state index in [2.05, 4.69) is 34.3 Å². The van der Waals surface area contributed by atoms with Crippen molar-refractivity contribution in [3.05, 3.63) is 81.5 Å². The molecule has 0 spiro atoms. The van der Waals surface area contributed by atoms with Crippen LogP contribution in [0, 0.1) is 0 Å². The van der Waals surface area contributed by atoms with Crippen LogP contribution in [0.25, 0.3) is 0 Å². The minimum atomic E-state index is -3.44. The van der Waals surface area contributed by atoms with Crippen LogP contribution in [0.1, 0.15) is 53.1 Å². The van der Waals surface area contributed by atoms with Crippen LogP contribution in [0.4, 0.5) is 11.4 Å². The zero-order chi connectivity index (χ0) is 28.5. The zero-order valence-electron chi connectivity index (χ0n) is 23.2. The Morgan fingerprint density at radius 2 is 1.88 bits per heavy atom. The molecular formula is C30H40N4O4S2. The molecule has 3 aromatic rings. The standard InChI is InChI=1S/C30H40N4O4S2/c1-3-27-14-23(21-39-27)19-31-20-29(35)28(15-22-10-6-5-7-11-22)33-30(36)24-16-25(32-4-2)18-26(17-24)34-12-8-9-13-40(34,37)38/h5-7,10-11,14,16-18,21,28-29,31-32,35H,3-4,8-9,12-13,15,19-20H2,1-2H3,(H,33,36)/t28-,29+/m0/s1. The smallest absolute Gasteiger partial charge is 0.251 e. The fourth-order valence-corrected chi connectivity index (χ4v) is 7.35. The Morgan fingerprint density at radius 3 is 2.58 bits per heavy atom. The van der Waals surface area contributed by atoms with Gasteiger partial charge in [-0.05, 0) is 73.4 Å². The quantitative estimate of drug-likeness (QED) is 0.240. The molecule has 0 bridgehead atoms. The summed E-state index contributed by atoms with van der Waals surface area (Å²) in [6.45, 7) is 6.04. The lowest BCUT2D eigenvalue weighted by Gasteiger charge is -2.29. The largest absolute Gasteiger partial charge is 0.390 e. The molecule has 216 valence electrons. The summed E-state index contributed by atoms with van der Waals surface area (Å²) in [5.74, 6) is -0.260.